The Morgan fingerprint density at radius 1 is 1.32 bits per heavy atom. The van der Waals surface area contributed by atoms with Gasteiger partial charge in [-0.25, -0.2) is 4.79 Å². The lowest BCUT2D eigenvalue weighted by atomic mass is 10.2. The molecule has 0 bridgehead atoms. The van der Waals surface area contributed by atoms with E-state index < -0.39 is 5.97 Å². The topological polar surface area (TPSA) is 81.0 Å². The van der Waals surface area contributed by atoms with Gasteiger partial charge in [-0.3, -0.25) is 9.69 Å². The smallest absolute Gasteiger partial charge is 0.376 e. The van der Waals surface area contributed by atoms with E-state index in [1.165, 1.54) is 0 Å². The van der Waals surface area contributed by atoms with Gasteiger partial charge in [0, 0.05) is 22.9 Å². The van der Waals surface area contributed by atoms with Crippen LogP contribution >= 0.6 is 15.9 Å². The average Bonchev–Trinajstić information content (AvgIpc) is 2.94. The lowest BCUT2D eigenvalue weighted by molar-refractivity contribution is -0.118. The Hall–Kier alpha value is -1.90. The molecule has 1 aliphatic heterocycles. The van der Waals surface area contributed by atoms with Crippen molar-refractivity contribution in [2.45, 2.75) is 6.92 Å². The normalized spacial score (nSPS) is 15.3. The minimum Gasteiger partial charge on any atom is -0.460 e. The summed E-state index contributed by atoms with van der Waals surface area (Å²) in [4.78, 5) is 26.6. The summed E-state index contributed by atoms with van der Waals surface area (Å²) in [6.45, 7) is 4.80. The quantitative estimate of drug-likeness (QED) is 0.763. The van der Waals surface area contributed by atoms with Crippen LogP contribution in [-0.4, -0.2) is 56.2 Å². The number of halogens is 1. The minimum atomic E-state index is -0.600. The SMILES string of the molecule is CCOC(=O)c1oc2ccc(Br)cc2c1NC(=O)CN1CCOCC1. The molecule has 0 aliphatic carbocycles. The van der Waals surface area contributed by atoms with Gasteiger partial charge in [-0.15, -0.1) is 0 Å². The number of nitrogens with one attached hydrogen (secondary N) is 1. The van der Waals surface area contributed by atoms with E-state index in [9.17, 15) is 9.59 Å². The van der Waals surface area contributed by atoms with Gasteiger partial charge in [0.2, 0.25) is 11.7 Å². The lowest BCUT2D eigenvalue weighted by Gasteiger charge is -2.25. The molecule has 25 heavy (non-hydrogen) atoms. The molecule has 1 saturated heterocycles. The molecule has 8 heteroatoms. The summed E-state index contributed by atoms with van der Waals surface area (Å²) in [5.74, 6) is -0.808. The molecule has 2 heterocycles. The number of amides is 1. The number of fused-ring (bicyclic) bond motifs is 1. The van der Waals surface area contributed by atoms with Crippen LogP contribution in [0.3, 0.4) is 0 Å². The minimum absolute atomic E-state index is 0.00489. The van der Waals surface area contributed by atoms with Crippen LogP contribution in [0.1, 0.15) is 17.5 Å². The first-order valence-corrected chi connectivity index (χ1v) is 8.87. The summed E-state index contributed by atoms with van der Waals surface area (Å²) in [6, 6.07) is 5.34. The van der Waals surface area contributed by atoms with Gasteiger partial charge in [-0.1, -0.05) is 15.9 Å². The first-order valence-electron chi connectivity index (χ1n) is 8.07. The van der Waals surface area contributed by atoms with E-state index in [0.717, 1.165) is 4.47 Å². The number of hydrogen-bond donors (Lipinski definition) is 1. The maximum absolute atomic E-state index is 12.4. The molecule has 0 spiro atoms. The van der Waals surface area contributed by atoms with Crippen LogP contribution in [0.15, 0.2) is 27.1 Å². The molecule has 2 aromatic rings. The average molecular weight is 411 g/mol. The molecule has 1 amide bonds. The van der Waals surface area contributed by atoms with Crippen LogP contribution in [-0.2, 0) is 14.3 Å². The zero-order valence-electron chi connectivity index (χ0n) is 13.8. The number of carbonyl (C=O) groups excluding carboxylic acids is 2. The molecule has 0 saturated carbocycles. The van der Waals surface area contributed by atoms with Crippen LogP contribution < -0.4 is 5.32 Å². The number of esters is 1. The summed E-state index contributed by atoms with van der Waals surface area (Å²) < 4.78 is 16.8. The van der Waals surface area contributed by atoms with Gasteiger partial charge in [0.15, 0.2) is 0 Å². The summed E-state index contributed by atoms with van der Waals surface area (Å²) in [5.41, 5.74) is 0.848. The Labute approximate surface area is 153 Å². The molecule has 134 valence electrons. The number of benzene rings is 1. The van der Waals surface area contributed by atoms with Crippen molar-refractivity contribution in [2.24, 2.45) is 0 Å². The van der Waals surface area contributed by atoms with Crippen molar-refractivity contribution in [1.29, 1.82) is 0 Å². The van der Waals surface area contributed by atoms with Gasteiger partial charge in [0.25, 0.3) is 0 Å². The summed E-state index contributed by atoms with van der Waals surface area (Å²) in [5, 5.41) is 3.46. The van der Waals surface area contributed by atoms with Crippen LogP contribution in [0.25, 0.3) is 11.0 Å². The maximum atomic E-state index is 12.4. The van der Waals surface area contributed by atoms with Crippen molar-refractivity contribution in [3.05, 3.63) is 28.4 Å². The standard InChI is InChI=1S/C17H19BrN2O5/c1-2-24-17(22)16-15(12-9-11(18)3-4-13(12)25-16)19-14(21)10-20-5-7-23-8-6-20/h3-4,9H,2,5-8,10H2,1H3,(H,19,21). The Morgan fingerprint density at radius 3 is 2.80 bits per heavy atom. The Kier molecular flexibility index (Phi) is 5.72. The van der Waals surface area contributed by atoms with Gasteiger partial charge in [-0.2, -0.15) is 0 Å². The predicted molar refractivity (Wildman–Crippen MR) is 95.8 cm³/mol. The number of ether oxygens (including phenoxy) is 2. The molecule has 1 N–H and O–H groups in total. The van der Waals surface area contributed by atoms with Gasteiger partial charge < -0.3 is 19.2 Å². The molecule has 1 aromatic carbocycles. The van der Waals surface area contributed by atoms with Gasteiger partial charge >= 0.3 is 5.97 Å². The molecule has 0 radical (unpaired) electrons. The predicted octanol–water partition coefficient (Wildman–Crippen LogP) is 2.64. The summed E-state index contributed by atoms with van der Waals surface area (Å²) in [6.07, 6.45) is 0. The van der Waals surface area contributed by atoms with E-state index in [4.69, 9.17) is 13.9 Å². The second-order valence-corrected chi connectivity index (χ2v) is 6.52. The number of morpholine rings is 1. The molecule has 7 nitrogen and oxygen atoms in total. The third-order valence-electron chi connectivity index (χ3n) is 3.85. The van der Waals surface area contributed by atoms with E-state index in [0.29, 0.717) is 43.0 Å². The van der Waals surface area contributed by atoms with Crippen LogP contribution in [0, 0.1) is 0 Å². The molecule has 0 unspecified atom stereocenters. The number of rotatable bonds is 5. The highest BCUT2D eigenvalue weighted by Crippen LogP contribution is 2.33. The van der Waals surface area contributed by atoms with Gasteiger partial charge in [0.1, 0.15) is 11.3 Å². The third-order valence-corrected chi connectivity index (χ3v) is 4.34. The fourth-order valence-electron chi connectivity index (χ4n) is 2.68. The Morgan fingerprint density at radius 2 is 2.08 bits per heavy atom. The molecular formula is C17H19BrN2O5. The van der Waals surface area contributed by atoms with Crippen LogP contribution in [0.2, 0.25) is 0 Å². The summed E-state index contributed by atoms with van der Waals surface area (Å²) in [7, 11) is 0. The number of furan rings is 1. The van der Waals surface area contributed by atoms with E-state index in [2.05, 4.69) is 21.2 Å². The van der Waals surface area contributed by atoms with Crippen molar-refractivity contribution in [2.75, 3.05) is 44.8 Å². The highest BCUT2D eigenvalue weighted by Gasteiger charge is 2.24. The third kappa shape index (κ3) is 4.20. The van der Waals surface area contributed by atoms with Crippen molar-refractivity contribution in [3.8, 4) is 0 Å². The monoisotopic (exact) mass is 410 g/mol. The number of hydrogen-bond acceptors (Lipinski definition) is 6. The van der Waals surface area contributed by atoms with E-state index in [1.54, 1.807) is 25.1 Å². The summed E-state index contributed by atoms with van der Waals surface area (Å²) >= 11 is 3.40. The molecular weight excluding hydrogens is 392 g/mol. The van der Waals surface area contributed by atoms with Crippen LogP contribution in [0.5, 0.6) is 0 Å². The molecule has 0 atom stereocenters. The second kappa shape index (κ2) is 7.99. The van der Waals surface area contributed by atoms with Crippen molar-refractivity contribution in [1.82, 2.24) is 4.90 Å². The lowest BCUT2D eigenvalue weighted by Crippen LogP contribution is -2.41. The first-order chi connectivity index (χ1) is 12.1. The molecule has 3 rings (SSSR count). The van der Waals surface area contributed by atoms with E-state index in [1.807, 2.05) is 4.90 Å². The first kappa shape index (κ1) is 17.9. The maximum Gasteiger partial charge on any atom is 0.376 e. The van der Waals surface area contributed by atoms with E-state index in [-0.39, 0.29) is 24.8 Å². The number of nitrogens with zero attached hydrogens (tertiary/aromatic N) is 1. The van der Waals surface area contributed by atoms with Gasteiger partial charge in [-0.05, 0) is 25.1 Å². The van der Waals surface area contributed by atoms with Crippen LogP contribution in [0.4, 0.5) is 5.69 Å². The Balaban J connectivity index is 1.86. The second-order valence-electron chi connectivity index (χ2n) is 5.60. The largest absolute Gasteiger partial charge is 0.460 e. The van der Waals surface area contributed by atoms with Gasteiger partial charge in [0.05, 0.1) is 26.4 Å². The fraction of sp³-hybridized carbons (Fsp3) is 0.412. The highest BCUT2D eigenvalue weighted by molar-refractivity contribution is 9.10. The molecule has 1 aliphatic rings. The highest BCUT2D eigenvalue weighted by atomic mass is 79.9. The number of anilines is 1. The molecule has 1 fully saturated rings. The number of carbonyl (C=O) groups is 2. The van der Waals surface area contributed by atoms with Crippen molar-refractivity contribution in [3.63, 3.8) is 0 Å². The fourth-order valence-corrected chi connectivity index (χ4v) is 3.04. The zero-order valence-corrected chi connectivity index (χ0v) is 15.4. The molecule has 1 aromatic heterocycles. The Bertz CT molecular complexity index is 783. The van der Waals surface area contributed by atoms with Crippen molar-refractivity contribution < 1.29 is 23.5 Å². The van der Waals surface area contributed by atoms with Crippen molar-refractivity contribution >= 4 is 44.5 Å². The zero-order chi connectivity index (χ0) is 17.8. The van der Waals surface area contributed by atoms with E-state index >= 15 is 0 Å².